The largest absolute Gasteiger partial charge is 0.504 e. The van der Waals surface area contributed by atoms with Gasteiger partial charge in [0.15, 0.2) is 18.1 Å². The van der Waals surface area contributed by atoms with Crippen molar-refractivity contribution < 1.29 is 24.2 Å². The fraction of sp³-hybridized carbons (Fsp3) is 0.500. The van der Waals surface area contributed by atoms with Gasteiger partial charge in [0.1, 0.15) is 0 Å². The number of rotatable bonds is 5. The molecule has 120 valence electrons. The molecule has 1 saturated heterocycles. The maximum Gasteiger partial charge on any atom is 0.310 e. The zero-order valence-corrected chi connectivity index (χ0v) is 12.7. The van der Waals surface area contributed by atoms with Gasteiger partial charge in [-0.1, -0.05) is 12.1 Å². The second kappa shape index (κ2) is 7.68. The number of hydrogen-bond acceptors (Lipinski definition) is 5. The van der Waals surface area contributed by atoms with E-state index in [1.165, 1.54) is 6.07 Å². The van der Waals surface area contributed by atoms with Crippen LogP contribution in [0, 0.1) is 5.92 Å². The van der Waals surface area contributed by atoms with E-state index in [0.717, 1.165) is 12.8 Å². The molecule has 1 fully saturated rings. The molecule has 1 amide bonds. The van der Waals surface area contributed by atoms with Gasteiger partial charge >= 0.3 is 5.97 Å². The highest BCUT2D eigenvalue weighted by atomic mass is 16.5. The maximum absolute atomic E-state index is 12.2. The number of carbonyl (C=O) groups is 2. The third-order valence-electron chi connectivity index (χ3n) is 3.61. The van der Waals surface area contributed by atoms with Gasteiger partial charge in [0.05, 0.1) is 12.5 Å². The Balaban J connectivity index is 1.87. The van der Waals surface area contributed by atoms with Crippen LogP contribution in [0.1, 0.15) is 19.8 Å². The van der Waals surface area contributed by atoms with Crippen molar-refractivity contribution in [1.29, 1.82) is 0 Å². The summed E-state index contributed by atoms with van der Waals surface area (Å²) < 4.78 is 10.4. The molecule has 1 atom stereocenters. The summed E-state index contributed by atoms with van der Waals surface area (Å²) in [6.45, 7) is 2.93. The first-order valence-electron chi connectivity index (χ1n) is 7.47. The Bertz CT molecular complexity index is 531. The number of ether oxygens (including phenoxy) is 2. The lowest BCUT2D eigenvalue weighted by Crippen LogP contribution is -2.44. The molecule has 0 aromatic heterocycles. The first-order valence-corrected chi connectivity index (χ1v) is 7.47. The molecule has 1 N–H and O–H groups in total. The topological polar surface area (TPSA) is 76.1 Å². The van der Waals surface area contributed by atoms with Crippen molar-refractivity contribution >= 4 is 11.9 Å². The van der Waals surface area contributed by atoms with Crippen LogP contribution in [0.25, 0.3) is 0 Å². The van der Waals surface area contributed by atoms with Crippen LogP contribution in [-0.2, 0) is 14.3 Å². The smallest absolute Gasteiger partial charge is 0.310 e. The van der Waals surface area contributed by atoms with Gasteiger partial charge in [-0.2, -0.15) is 0 Å². The molecule has 1 heterocycles. The second-order valence-corrected chi connectivity index (χ2v) is 5.19. The summed E-state index contributed by atoms with van der Waals surface area (Å²) in [6.07, 6.45) is 1.51. The summed E-state index contributed by atoms with van der Waals surface area (Å²) in [7, 11) is 0. The lowest BCUT2D eigenvalue weighted by atomic mass is 9.98. The minimum Gasteiger partial charge on any atom is -0.504 e. The summed E-state index contributed by atoms with van der Waals surface area (Å²) in [4.78, 5) is 25.6. The van der Waals surface area contributed by atoms with Crippen LogP contribution in [0.2, 0.25) is 0 Å². The van der Waals surface area contributed by atoms with Crippen LogP contribution in [0.3, 0.4) is 0 Å². The molecule has 0 spiro atoms. The van der Waals surface area contributed by atoms with E-state index >= 15 is 0 Å². The van der Waals surface area contributed by atoms with E-state index in [2.05, 4.69) is 0 Å². The number of benzene rings is 1. The molecule has 0 aliphatic carbocycles. The van der Waals surface area contributed by atoms with E-state index in [9.17, 15) is 14.7 Å². The number of piperidine rings is 1. The highest BCUT2D eigenvalue weighted by molar-refractivity contribution is 5.79. The van der Waals surface area contributed by atoms with Gasteiger partial charge in [-0.05, 0) is 31.9 Å². The van der Waals surface area contributed by atoms with Gasteiger partial charge in [0.2, 0.25) is 0 Å². The molecule has 2 rings (SSSR count). The molecule has 6 nitrogen and oxygen atoms in total. The number of phenols is 1. The summed E-state index contributed by atoms with van der Waals surface area (Å²) in [5, 5.41) is 9.60. The molecule has 0 saturated carbocycles. The van der Waals surface area contributed by atoms with Gasteiger partial charge < -0.3 is 19.5 Å². The predicted octanol–water partition coefficient (Wildman–Crippen LogP) is 1.57. The summed E-state index contributed by atoms with van der Waals surface area (Å²) in [5.41, 5.74) is 0. The van der Waals surface area contributed by atoms with Crippen molar-refractivity contribution in [2.75, 3.05) is 26.3 Å². The zero-order valence-electron chi connectivity index (χ0n) is 12.7. The number of hydrogen-bond donors (Lipinski definition) is 1. The molecule has 0 bridgehead atoms. The second-order valence-electron chi connectivity index (χ2n) is 5.19. The van der Waals surface area contributed by atoms with Gasteiger partial charge in [-0.15, -0.1) is 0 Å². The highest BCUT2D eigenvalue weighted by Crippen LogP contribution is 2.24. The van der Waals surface area contributed by atoms with Crippen molar-refractivity contribution in [1.82, 2.24) is 4.90 Å². The monoisotopic (exact) mass is 307 g/mol. The number of amides is 1. The van der Waals surface area contributed by atoms with E-state index in [4.69, 9.17) is 9.47 Å². The summed E-state index contributed by atoms with van der Waals surface area (Å²) >= 11 is 0. The molecule has 1 aliphatic rings. The van der Waals surface area contributed by atoms with Gasteiger partial charge in [-0.3, -0.25) is 9.59 Å². The minimum atomic E-state index is -0.261. The number of nitrogens with zero attached hydrogens (tertiary/aromatic N) is 1. The number of para-hydroxylation sites is 2. The van der Waals surface area contributed by atoms with Crippen molar-refractivity contribution in [3.63, 3.8) is 0 Å². The number of aromatic hydroxyl groups is 1. The summed E-state index contributed by atoms with van der Waals surface area (Å²) in [5.74, 6) is -0.435. The first kappa shape index (κ1) is 16.1. The molecule has 0 unspecified atom stereocenters. The normalized spacial score (nSPS) is 17.9. The standard InChI is InChI=1S/C16H21NO5/c1-2-21-16(20)12-6-5-9-17(10-12)15(19)11-22-14-8-4-3-7-13(14)18/h3-4,7-8,12,18H,2,5-6,9-11H2,1H3/t12-/m0/s1. The Kier molecular flexibility index (Phi) is 5.63. The van der Waals surface area contributed by atoms with Crippen LogP contribution < -0.4 is 4.74 Å². The Morgan fingerprint density at radius 3 is 2.86 bits per heavy atom. The van der Waals surface area contributed by atoms with Crippen LogP contribution in [0.5, 0.6) is 11.5 Å². The SMILES string of the molecule is CCOC(=O)[C@H]1CCCN(C(=O)COc2ccccc2O)C1. The fourth-order valence-corrected chi connectivity index (χ4v) is 2.47. The molecule has 0 radical (unpaired) electrons. The zero-order chi connectivity index (χ0) is 15.9. The Morgan fingerprint density at radius 2 is 2.14 bits per heavy atom. The number of likely N-dealkylation sites (tertiary alicyclic amines) is 1. The average molecular weight is 307 g/mol. The molecule has 1 aromatic rings. The summed E-state index contributed by atoms with van der Waals surface area (Å²) in [6, 6.07) is 6.49. The third-order valence-corrected chi connectivity index (χ3v) is 3.61. The minimum absolute atomic E-state index is 0.00153. The van der Waals surface area contributed by atoms with Crippen molar-refractivity contribution in [3.8, 4) is 11.5 Å². The van der Waals surface area contributed by atoms with Crippen molar-refractivity contribution in [2.45, 2.75) is 19.8 Å². The first-order chi connectivity index (χ1) is 10.6. The van der Waals surface area contributed by atoms with Gasteiger partial charge in [0.25, 0.3) is 5.91 Å². The molecular weight excluding hydrogens is 286 g/mol. The molecular formula is C16H21NO5. The number of phenolic OH excluding ortho intramolecular Hbond substituents is 1. The highest BCUT2D eigenvalue weighted by Gasteiger charge is 2.29. The van der Waals surface area contributed by atoms with Gasteiger partial charge in [-0.25, -0.2) is 0 Å². The number of carbonyl (C=O) groups excluding carboxylic acids is 2. The molecule has 1 aromatic carbocycles. The molecule has 6 heteroatoms. The van der Waals surface area contributed by atoms with Crippen LogP contribution in [0.15, 0.2) is 24.3 Å². The van der Waals surface area contributed by atoms with Gasteiger partial charge in [0, 0.05) is 13.1 Å². The van der Waals surface area contributed by atoms with E-state index in [1.807, 2.05) is 0 Å². The van der Waals surface area contributed by atoms with E-state index in [-0.39, 0.29) is 35.9 Å². The quantitative estimate of drug-likeness (QED) is 0.836. The van der Waals surface area contributed by atoms with Crippen molar-refractivity contribution in [2.24, 2.45) is 5.92 Å². The molecule has 22 heavy (non-hydrogen) atoms. The molecule has 1 aliphatic heterocycles. The van der Waals surface area contributed by atoms with E-state index < -0.39 is 0 Å². The Hall–Kier alpha value is -2.24. The lowest BCUT2D eigenvalue weighted by molar-refractivity contribution is -0.151. The number of esters is 1. The van der Waals surface area contributed by atoms with Crippen LogP contribution in [0.4, 0.5) is 0 Å². The predicted molar refractivity (Wildman–Crippen MR) is 79.5 cm³/mol. The fourth-order valence-electron chi connectivity index (χ4n) is 2.47. The van der Waals surface area contributed by atoms with Crippen LogP contribution >= 0.6 is 0 Å². The third kappa shape index (κ3) is 4.13. The maximum atomic E-state index is 12.2. The average Bonchev–Trinajstić information content (AvgIpc) is 2.54. The van der Waals surface area contributed by atoms with Crippen LogP contribution in [-0.4, -0.2) is 48.2 Å². The van der Waals surface area contributed by atoms with E-state index in [1.54, 1.807) is 30.0 Å². The van der Waals surface area contributed by atoms with Crippen molar-refractivity contribution in [3.05, 3.63) is 24.3 Å². The lowest BCUT2D eigenvalue weighted by Gasteiger charge is -2.31. The van der Waals surface area contributed by atoms with E-state index in [0.29, 0.717) is 19.7 Å². The Morgan fingerprint density at radius 1 is 1.36 bits per heavy atom. The Labute approximate surface area is 129 Å².